The summed E-state index contributed by atoms with van der Waals surface area (Å²) >= 11 is 1.31. The van der Waals surface area contributed by atoms with Gasteiger partial charge in [-0.25, -0.2) is 13.2 Å². The van der Waals surface area contributed by atoms with Crippen molar-refractivity contribution in [1.29, 1.82) is 0 Å². The number of carbonyl (C=O) groups excluding carboxylic acids is 3. The van der Waals surface area contributed by atoms with Crippen molar-refractivity contribution in [3.63, 3.8) is 0 Å². The third kappa shape index (κ3) is 6.79. The molecule has 0 saturated carbocycles. The van der Waals surface area contributed by atoms with Gasteiger partial charge in [0.1, 0.15) is 5.00 Å². The highest BCUT2D eigenvalue weighted by Crippen LogP contribution is 2.37. The molecular weight excluding hydrogens is 528 g/mol. The average molecular weight is 565 g/mol. The fourth-order valence-electron chi connectivity index (χ4n) is 4.45. The Kier molecular flexibility index (Phi) is 10.4. The molecule has 0 fully saturated rings. The number of thiophene rings is 1. The molecule has 1 aliphatic heterocycles. The van der Waals surface area contributed by atoms with E-state index in [4.69, 9.17) is 0 Å². The largest absolute Gasteiger partial charge is 0.453 e. The molecule has 0 saturated heterocycles. The molecular formula is C26H36N4O6S2. The molecule has 1 aromatic carbocycles. The number of methoxy groups -OCH3 is 1. The Morgan fingerprint density at radius 1 is 1.03 bits per heavy atom. The van der Waals surface area contributed by atoms with Crippen molar-refractivity contribution in [1.82, 2.24) is 14.5 Å². The van der Waals surface area contributed by atoms with E-state index in [0.717, 1.165) is 30.0 Å². The number of nitrogens with one attached hydrogen (secondary N) is 2. The van der Waals surface area contributed by atoms with Crippen molar-refractivity contribution >= 4 is 44.3 Å². The predicted octanol–water partition coefficient (Wildman–Crippen LogP) is 4.08. The Hall–Kier alpha value is -2.80. The molecule has 0 spiro atoms. The first-order valence-electron chi connectivity index (χ1n) is 12.8. The van der Waals surface area contributed by atoms with Crippen LogP contribution in [0.4, 0.5) is 9.80 Å². The Morgan fingerprint density at radius 3 is 2.26 bits per heavy atom. The van der Waals surface area contributed by atoms with Gasteiger partial charge in [0, 0.05) is 36.6 Å². The number of ether oxygens (including phenoxy) is 1. The van der Waals surface area contributed by atoms with E-state index in [9.17, 15) is 22.8 Å². The van der Waals surface area contributed by atoms with Gasteiger partial charge in [-0.15, -0.1) is 11.3 Å². The van der Waals surface area contributed by atoms with Crippen molar-refractivity contribution < 1.29 is 27.5 Å². The number of amides is 3. The lowest BCUT2D eigenvalue weighted by Gasteiger charge is -2.26. The highest BCUT2D eigenvalue weighted by Gasteiger charge is 2.30. The Balaban J connectivity index is 1.87. The third-order valence-corrected chi connectivity index (χ3v) is 9.28. The van der Waals surface area contributed by atoms with E-state index in [1.165, 1.54) is 47.0 Å². The van der Waals surface area contributed by atoms with Crippen LogP contribution in [0.15, 0.2) is 29.2 Å². The maximum atomic E-state index is 13.1. The second-order valence-electron chi connectivity index (χ2n) is 9.06. The van der Waals surface area contributed by atoms with Gasteiger partial charge in [-0.2, -0.15) is 4.31 Å². The van der Waals surface area contributed by atoms with Gasteiger partial charge in [-0.1, -0.05) is 20.8 Å². The van der Waals surface area contributed by atoms with Gasteiger partial charge >= 0.3 is 6.09 Å². The van der Waals surface area contributed by atoms with Crippen molar-refractivity contribution in [3.05, 3.63) is 45.8 Å². The summed E-state index contributed by atoms with van der Waals surface area (Å²) in [5, 5.41) is 5.35. The lowest BCUT2D eigenvalue weighted by atomic mass is 10.0. The van der Waals surface area contributed by atoms with Gasteiger partial charge in [0.15, 0.2) is 0 Å². The molecule has 2 N–H and O–H groups in total. The Morgan fingerprint density at radius 2 is 1.68 bits per heavy atom. The number of hydrogen-bond acceptors (Lipinski definition) is 8. The summed E-state index contributed by atoms with van der Waals surface area (Å²) in [7, 11) is -2.50. The molecule has 12 heteroatoms. The number of fused-ring (bicyclic) bond motifs is 1. The van der Waals surface area contributed by atoms with Gasteiger partial charge in [0.2, 0.25) is 10.0 Å². The molecule has 208 valence electrons. The quantitative estimate of drug-likeness (QED) is 0.421. The van der Waals surface area contributed by atoms with Crippen LogP contribution in [0.5, 0.6) is 0 Å². The lowest BCUT2D eigenvalue weighted by molar-refractivity contribution is 0.0936. The second-order valence-corrected chi connectivity index (χ2v) is 12.1. The maximum absolute atomic E-state index is 13.1. The van der Waals surface area contributed by atoms with E-state index in [1.54, 1.807) is 0 Å². The highest BCUT2D eigenvalue weighted by atomic mass is 32.2. The number of rotatable bonds is 11. The molecule has 2 aromatic rings. The van der Waals surface area contributed by atoms with Gasteiger partial charge in [0.05, 0.1) is 17.6 Å². The molecule has 0 radical (unpaired) electrons. The summed E-state index contributed by atoms with van der Waals surface area (Å²) in [6, 6.07) is 5.77. The third-order valence-electron chi connectivity index (χ3n) is 6.23. The van der Waals surface area contributed by atoms with Crippen LogP contribution in [-0.2, 0) is 27.7 Å². The molecule has 0 bridgehead atoms. The van der Waals surface area contributed by atoms with Crippen LogP contribution in [0.25, 0.3) is 0 Å². The molecule has 0 aliphatic carbocycles. The lowest BCUT2D eigenvalue weighted by Crippen LogP contribution is -2.34. The van der Waals surface area contributed by atoms with E-state index >= 15 is 0 Å². The van der Waals surface area contributed by atoms with E-state index < -0.39 is 27.9 Å². The number of benzene rings is 1. The van der Waals surface area contributed by atoms with E-state index in [1.807, 2.05) is 13.8 Å². The maximum Gasteiger partial charge on any atom is 0.413 e. The van der Waals surface area contributed by atoms with E-state index in [2.05, 4.69) is 27.2 Å². The molecule has 1 aromatic heterocycles. The first kappa shape index (κ1) is 29.8. The SMILES string of the molecule is CCCN1CCc2c(sc(NC(=O)c3ccc(S(=O)(=O)N(CCC)CCC)cc3)c2C(=O)NC(=O)OC)C1. The molecule has 10 nitrogen and oxygen atoms in total. The standard InChI is InChI=1S/C26H36N4O6S2/c1-5-13-29-16-12-20-21(17-29)37-25(22(20)24(32)28-26(33)36-4)27-23(31)18-8-10-19(11-9-18)38(34,35)30(14-6-2)15-7-3/h8-11H,5-7,12-17H2,1-4H3,(H,27,31)(H,28,32,33). The highest BCUT2D eigenvalue weighted by molar-refractivity contribution is 7.89. The normalized spacial score (nSPS) is 13.7. The van der Waals surface area contributed by atoms with Crippen LogP contribution >= 0.6 is 11.3 Å². The van der Waals surface area contributed by atoms with Crippen molar-refractivity contribution in [3.8, 4) is 0 Å². The van der Waals surface area contributed by atoms with Crippen LogP contribution < -0.4 is 10.6 Å². The minimum atomic E-state index is -3.67. The first-order chi connectivity index (χ1) is 18.2. The second kappa shape index (κ2) is 13.3. The fourth-order valence-corrected chi connectivity index (χ4v) is 7.36. The van der Waals surface area contributed by atoms with Crippen LogP contribution in [0.3, 0.4) is 0 Å². The summed E-state index contributed by atoms with van der Waals surface area (Å²) in [6.07, 6.45) is 2.14. The predicted molar refractivity (Wildman–Crippen MR) is 147 cm³/mol. The van der Waals surface area contributed by atoms with Crippen LogP contribution in [-0.4, -0.2) is 68.8 Å². The number of alkyl carbamates (subject to hydrolysis) is 1. The fraction of sp³-hybridized carbons (Fsp3) is 0.500. The smallest absolute Gasteiger partial charge is 0.413 e. The zero-order valence-corrected chi connectivity index (χ0v) is 24.0. The number of nitrogens with zero attached hydrogens (tertiary/aromatic N) is 2. The van der Waals surface area contributed by atoms with Crippen LogP contribution in [0, 0.1) is 0 Å². The van der Waals surface area contributed by atoms with Gasteiger partial charge < -0.3 is 10.1 Å². The zero-order valence-electron chi connectivity index (χ0n) is 22.3. The number of carbonyl (C=O) groups is 3. The van der Waals surface area contributed by atoms with Crippen molar-refractivity contribution in [2.45, 2.75) is 57.9 Å². The topological polar surface area (TPSA) is 125 Å². The Labute approximate surface area is 228 Å². The minimum absolute atomic E-state index is 0.122. The van der Waals surface area contributed by atoms with E-state index in [-0.39, 0.29) is 16.0 Å². The van der Waals surface area contributed by atoms with E-state index in [0.29, 0.717) is 43.9 Å². The van der Waals surface area contributed by atoms with Crippen LogP contribution in [0.2, 0.25) is 0 Å². The Bertz CT molecular complexity index is 1250. The van der Waals surface area contributed by atoms with Gasteiger partial charge in [0.25, 0.3) is 11.8 Å². The number of hydrogen-bond donors (Lipinski definition) is 2. The zero-order chi connectivity index (χ0) is 27.9. The molecule has 38 heavy (non-hydrogen) atoms. The molecule has 0 unspecified atom stereocenters. The van der Waals surface area contributed by atoms with Crippen molar-refractivity contribution in [2.75, 3.05) is 38.6 Å². The minimum Gasteiger partial charge on any atom is -0.453 e. The average Bonchev–Trinajstić information content (AvgIpc) is 3.25. The number of imide groups is 1. The molecule has 0 atom stereocenters. The first-order valence-corrected chi connectivity index (χ1v) is 15.1. The molecule has 1 aliphatic rings. The van der Waals surface area contributed by atoms with Crippen molar-refractivity contribution in [2.24, 2.45) is 0 Å². The summed E-state index contributed by atoms with van der Waals surface area (Å²) in [4.78, 5) is 41.2. The molecule has 2 heterocycles. The van der Waals surface area contributed by atoms with Gasteiger partial charge in [-0.3, -0.25) is 19.8 Å². The molecule has 3 rings (SSSR count). The summed E-state index contributed by atoms with van der Waals surface area (Å²) in [5.41, 5.74) is 1.32. The summed E-state index contributed by atoms with van der Waals surface area (Å²) in [6.45, 7) is 9.15. The molecule has 3 amide bonds. The van der Waals surface area contributed by atoms with Crippen LogP contribution in [0.1, 0.15) is 71.2 Å². The monoisotopic (exact) mass is 564 g/mol. The van der Waals surface area contributed by atoms with Gasteiger partial charge in [-0.05, 0) is 62.1 Å². The number of sulfonamides is 1. The number of anilines is 1. The summed E-state index contributed by atoms with van der Waals surface area (Å²) < 4.78 is 32.1. The summed E-state index contributed by atoms with van der Waals surface area (Å²) in [5.74, 6) is -1.12.